The summed E-state index contributed by atoms with van der Waals surface area (Å²) in [5, 5.41) is 23.7. The van der Waals surface area contributed by atoms with E-state index in [1.165, 1.54) is 11.7 Å². The van der Waals surface area contributed by atoms with E-state index in [9.17, 15) is 14.7 Å². The second kappa shape index (κ2) is 9.00. The number of amides is 2. The molecule has 4 rings (SSSR count). The van der Waals surface area contributed by atoms with Gasteiger partial charge >= 0.3 is 0 Å². The van der Waals surface area contributed by atoms with E-state index in [1.54, 1.807) is 48.0 Å². The van der Waals surface area contributed by atoms with Gasteiger partial charge in [0.25, 0.3) is 0 Å². The van der Waals surface area contributed by atoms with Crippen LogP contribution in [0.1, 0.15) is 33.1 Å². The number of ether oxygens (including phenoxy) is 1. The fourth-order valence-corrected chi connectivity index (χ4v) is 4.68. The van der Waals surface area contributed by atoms with Gasteiger partial charge in [-0.05, 0) is 55.7 Å². The number of hydrogen-bond donors (Lipinski definition) is 1. The van der Waals surface area contributed by atoms with Crippen LogP contribution in [-0.2, 0) is 20.9 Å². The number of benzene rings is 1. The summed E-state index contributed by atoms with van der Waals surface area (Å²) >= 11 is 5.91. The van der Waals surface area contributed by atoms with Gasteiger partial charge in [0.05, 0.1) is 18.2 Å². The Morgan fingerprint density at radius 2 is 1.94 bits per heavy atom. The molecule has 0 saturated carbocycles. The molecule has 11 heteroatoms. The number of piperidine rings is 1. The van der Waals surface area contributed by atoms with Crippen molar-refractivity contribution in [2.75, 3.05) is 26.7 Å². The van der Waals surface area contributed by atoms with E-state index in [0.29, 0.717) is 43.2 Å². The molecule has 2 aliphatic heterocycles. The van der Waals surface area contributed by atoms with E-state index in [2.05, 4.69) is 15.4 Å². The van der Waals surface area contributed by atoms with E-state index in [1.807, 2.05) is 0 Å². The van der Waals surface area contributed by atoms with Crippen molar-refractivity contribution in [2.24, 2.45) is 0 Å². The number of carbonyl (C=O) groups is 2. The zero-order valence-corrected chi connectivity index (χ0v) is 19.8. The summed E-state index contributed by atoms with van der Waals surface area (Å²) in [4.78, 5) is 29.4. The smallest absolute Gasteiger partial charge is 0.246 e. The van der Waals surface area contributed by atoms with E-state index >= 15 is 0 Å². The van der Waals surface area contributed by atoms with Crippen LogP contribution >= 0.6 is 11.6 Å². The van der Waals surface area contributed by atoms with Crippen LogP contribution in [0.25, 0.3) is 11.4 Å². The van der Waals surface area contributed by atoms with E-state index < -0.39 is 11.2 Å². The topological polar surface area (TPSA) is 114 Å². The lowest BCUT2D eigenvalue weighted by Gasteiger charge is -2.52. The average molecular weight is 477 g/mol. The molecule has 1 spiro atoms. The highest BCUT2D eigenvalue weighted by Gasteiger charge is 2.50. The molecule has 33 heavy (non-hydrogen) atoms. The quantitative estimate of drug-likeness (QED) is 0.708. The number of rotatable bonds is 4. The number of likely N-dealkylation sites (tertiary alicyclic amines) is 1. The highest BCUT2D eigenvalue weighted by Crippen LogP contribution is 2.40. The first-order chi connectivity index (χ1) is 15.6. The van der Waals surface area contributed by atoms with Gasteiger partial charge in [0.2, 0.25) is 17.6 Å². The summed E-state index contributed by atoms with van der Waals surface area (Å²) in [5.41, 5.74) is -0.798. The Bertz CT molecular complexity index is 1020. The molecule has 0 aliphatic carbocycles. The van der Waals surface area contributed by atoms with Crippen molar-refractivity contribution in [1.29, 1.82) is 0 Å². The molecule has 2 atom stereocenters. The second-order valence-corrected chi connectivity index (χ2v) is 9.65. The summed E-state index contributed by atoms with van der Waals surface area (Å²) in [5.74, 6) is 0.244. The van der Waals surface area contributed by atoms with Gasteiger partial charge in [-0.1, -0.05) is 11.6 Å². The molecule has 0 bridgehead atoms. The number of carbonyl (C=O) groups excluding carboxylic acids is 2. The Morgan fingerprint density at radius 1 is 1.27 bits per heavy atom. The maximum absolute atomic E-state index is 12.8. The SMILES string of the molecule is CC(=O)N(C)[C@H]1CC2(CCN(C(=O)Cn3nnc(-c4ccc(Cl)cc4)n3)CC2)OC[C@]1(C)O. The van der Waals surface area contributed by atoms with Crippen molar-refractivity contribution in [3.63, 3.8) is 0 Å². The Labute approximate surface area is 197 Å². The van der Waals surface area contributed by atoms with Gasteiger partial charge in [-0.2, -0.15) is 4.80 Å². The molecular formula is C22H29ClN6O4. The third kappa shape index (κ3) is 5.02. The zero-order chi connectivity index (χ0) is 23.8. The lowest BCUT2D eigenvalue weighted by Crippen LogP contribution is -2.64. The Hall–Kier alpha value is -2.56. The lowest BCUT2D eigenvalue weighted by molar-refractivity contribution is -0.209. The molecule has 3 heterocycles. The Morgan fingerprint density at radius 3 is 2.58 bits per heavy atom. The van der Waals surface area contributed by atoms with E-state index in [0.717, 1.165) is 5.56 Å². The first kappa shape index (κ1) is 23.6. The molecular weight excluding hydrogens is 448 g/mol. The van der Waals surface area contributed by atoms with Crippen molar-refractivity contribution < 1.29 is 19.4 Å². The van der Waals surface area contributed by atoms with Crippen LogP contribution in [0.4, 0.5) is 0 Å². The molecule has 0 radical (unpaired) electrons. The third-order valence-corrected chi connectivity index (χ3v) is 7.03. The number of hydrogen-bond acceptors (Lipinski definition) is 7. The van der Waals surface area contributed by atoms with E-state index in [-0.39, 0.29) is 31.0 Å². The Balaban J connectivity index is 1.35. The minimum absolute atomic E-state index is 0.00113. The minimum atomic E-state index is -1.11. The van der Waals surface area contributed by atoms with Gasteiger partial charge in [-0.3, -0.25) is 9.59 Å². The van der Waals surface area contributed by atoms with Gasteiger partial charge in [-0.15, -0.1) is 10.2 Å². The molecule has 0 unspecified atom stereocenters. The molecule has 2 saturated heterocycles. The number of nitrogens with zero attached hydrogens (tertiary/aromatic N) is 6. The summed E-state index contributed by atoms with van der Waals surface area (Å²) in [6.45, 7) is 4.40. The van der Waals surface area contributed by atoms with Gasteiger partial charge in [0, 0.05) is 37.6 Å². The maximum Gasteiger partial charge on any atom is 0.246 e. The number of aromatic nitrogens is 4. The third-order valence-electron chi connectivity index (χ3n) is 6.78. The number of likely N-dealkylation sites (N-methyl/N-ethyl adjacent to an activating group) is 1. The monoisotopic (exact) mass is 476 g/mol. The van der Waals surface area contributed by atoms with Crippen molar-refractivity contribution in [1.82, 2.24) is 30.0 Å². The lowest BCUT2D eigenvalue weighted by atomic mass is 9.77. The van der Waals surface area contributed by atoms with Gasteiger partial charge in [-0.25, -0.2) is 0 Å². The van der Waals surface area contributed by atoms with Crippen molar-refractivity contribution in [3.8, 4) is 11.4 Å². The standard InChI is InChI=1S/C22H29ClN6O4/c1-15(30)27(3)18-12-22(33-14-21(18,2)32)8-10-28(11-9-22)19(31)13-29-25-20(24-26-29)16-4-6-17(23)7-5-16/h4-7,18,32H,8-14H2,1-3H3/t18-,21-/m0/s1. The normalized spacial score (nSPS) is 24.6. The summed E-state index contributed by atoms with van der Waals surface area (Å²) in [6, 6.07) is 6.76. The second-order valence-electron chi connectivity index (χ2n) is 9.21. The van der Waals surface area contributed by atoms with Crippen LogP contribution in [0, 0.1) is 0 Å². The molecule has 2 fully saturated rings. The molecule has 10 nitrogen and oxygen atoms in total. The number of halogens is 1. The highest BCUT2D eigenvalue weighted by molar-refractivity contribution is 6.30. The first-order valence-electron chi connectivity index (χ1n) is 11.0. The molecule has 1 N–H and O–H groups in total. The maximum atomic E-state index is 12.8. The van der Waals surface area contributed by atoms with Crippen LogP contribution < -0.4 is 0 Å². The number of aliphatic hydroxyl groups is 1. The molecule has 1 aromatic carbocycles. The van der Waals surface area contributed by atoms with Crippen LogP contribution in [0.5, 0.6) is 0 Å². The van der Waals surface area contributed by atoms with Gasteiger partial charge in [0.1, 0.15) is 12.1 Å². The highest BCUT2D eigenvalue weighted by atomic mass is 35.5. The summed E-state index contributed by atoms with van der Waals surface area (Å²) < 4.78 is 6.11. The minimum Gasteiger partial charge on any atom is -0.386 e. The fraction of sp³-hybridized carbons (Fsp3) is 0.591. The summed E-state index contributed by atoms with van der Waals surface area (Å²) in [7, 11) is 1.71. The zero-order valence-electron chi connectivity index (χ0n) is 19.1. The van der Waals surface area contributed by atoms with Gasteiger partial charge < -0.3 is 19.6 Å². The summed E-state index contributed by atoms with van der Waals surface area (Å²) in [6.07, 6.45) is 1.81. The van der Waals surface area contributed by atoms with Crippen LogP contribution in [0.3, 0.4) is 0 Å². The van der Waals surface area contributed by atoms with Crippen LogP contribution in [0.2, 0.25) is 5.02 Å². The predicted octanol–water partition coefficient (Wildman–Crippen LogP) is 1.37. The van der Waals surface area contributed by atoms with Gasteiger partial charge in [0.15, 0.2) is 0 Å². The number of tetrazole rings is 1. The Kier molecular flexibility index (Phi) is 6.43. The van der Waals surface area contributed by atoms with Crippen LogP contribution in [-0.4, -0.2) is 90.9 Å². The van der Waals surface area contributed by atoms with Crippen molar-refractivity contribution in [3.05, 3.63) is 29.3 Å². The largest absolute Gasteiger partial charge is 0.386 e. The van der Waals surface area contributed by atoms with Crippen molar-refractivity contribution in [2.45, 2.75) is 56.9 Å². The molecule has 2 amide bonds. The van der Waals surface area contributed by atoms with Crippen LogP contribution in [0.15, 0.2) is 24.3 Å². The molecule has 2 aliphatic rings. The predicted molar refractivity (Wildman–Crippen MR) is 120 cm³/mol. The van der Waals surface area contributed by atoms with Crippen molar-refractivity contribution >= 4 is 23.4 Å². The molecule has 2 aromatic rings. The molecule has 178 valence electrons. The first-order valence-corrected chi connectivity index (χ1v) is 11.4. The fourth-order valence-electron chi connectivity index (χ4n) is 4.56. The average Bonchev–Trinajstić information content (AvgIpc) is 3.24. The van der Waals surface area contributed by atoms with E-state index in [4.69, 9.17) is 16.3 Å². The molecule has 1 aromatic heterocycles.